The number of benzene rings is 2. The van der Waals surface area contributed by atoms with Crippen LogP contribution in [0.25, 0.3) is 10.1 Å². The van der Waals surface area contributed by atoms with Gasteiger partial charge in [0.2, 0.25) is 0 Å². The first-order valence-electron chi connectivity index (χ1n) is 10.2. The Morgan fingerprint density at radius 1 is 1.03 bits per heavy atom. The second-order valence-corrected chi connectivity index (χ2v) is 8.35. The normalized spacial score (nSPS) is 20.8. The van der Waals surface area contributed by atoms with Crippen LogP contribution in [-0.4, -0.2) is 65.6 Å². The van der Waals surface area contributed by atoms with Gasteiger partial charge >= 0.3 is 6.03 Å². The number of hydrogen-bond acceptors (Lipinski definition) is 5. The van der Waals surface area contributed by atoms with E-state index < -0.39 is 0 Å². The molecule has 2 aliphatic heterocycles. The molecule has 2 aromatic carbocycles. The SMILES string of the molecule is CCN1CC(N2CCN(c3cccc4cnsc34)CC2)N(c2ccccc2)C1=O. The minimum Gasteiger partial charge on any atom is -0.368 e. The second kappa shape index (κ2) is 7.65. The van der Waals surface area contributed by atoms with E-state index in [0.29, 0.717) is 0 Å². The third kappa shape index (κ3) is 3.24. The van der Waals surface area contributed by atoms with Crippen LogP contribution in [0.5, 0.6) is 0 Å². The number of rotatable bonds is 4. The quantitative estimate of drug-likeness (QED) is 0.661. The molecule has 0 saturated carbocycles. The molecule has 3 aromatic rings. The van der Waals surface area contributed by atoms with Crippen molar-refractivity contribution in [2.45, 2.75) is 13.1 Å². The van der Waals surface area contributed by atoms with E-state index in [9.17, 15) is 4.79 Å². The number of amides is 2. The van der Waals surface area contributed by atoms with Crippen LogP contribution in [-0.2, 0) is 0 Å². The Hall–Kier alpha value is -2.64. The predicted octanol–water partition coefficient (Wildman–Crippen LogP) is 3.71. The maximum Gasteiger partial charge on any atom is 0.325 e. The molecule has 3 heterocycles. The molecule has 29 heavy (non-hydrogen) atoms. The summed E-state index contributed by atoms with van der Waals surface area (Å²) in [5, 5.41) is 1.21. The van der Waals surface area contributed by atoms with Gasteiger partial charge in [-0.15, -0.1) is 0 Å². The van der Waals surface area contributed by atoms with Gasteiger partial charge in [-0.25, -0.2) is 4.79 Å². The largest absolute Gasteiger partial charge is 0.368 e. The molecule has 7 heteroatoms. The summed E-state index contributed by atoms with van der Waals surface area (Å²) in [4.78, 5) is 21.8. The summed E-state index contributed by atoms with van der Waals surface area (Å²) in [6.07, 6.45) is 2.03. The minimum atomic E-state index is 0.0891. The highest BCUT2D eigenvalue weighted by molar-refractivity contribution is 7.14. The molecule has 0 radical (unpaired) electrons. The smallest absolute Gasteiger partial charge is 0.325 e. The number of carbonyl (C=O) groups excluding carboxylic acids is 1. The molecule has 0 N–H and O–H groups in total. The molecule has 5 rings (SSSR count). The van der Waals surface area contributed by atoms with Gasteiger partial charge in [0.15, 0.2) is 0 Å². The number of carbonyl (C=O) groups is 1. The maximum absolute atomic E-state index is 13.0. The highest BCUT2D eigenvalue weighted by Crippen LogP contribution is 2.32. The first-order chi connectivity index (χ1) is 14.3. The van der Waals surface area contributed by atoms with Crippen molar-refractivity contribution in [3.8, 4) is 0 Å². The average molecular weight is 408 g/mol. The lowest BCUT2D eigenvalue weighted by Crippen LogP contribution is -2.55. The van der Waals surface area contributed by atoms with Crippen LogP contribution in [0.1, 0.15) is 6.92 Å². The Bertz CT molecular complexity index is 999. The number of aromatic nitrogens is 1. The molecular weight excluding hydrogens is 382 g/mol. The Kier molecular flexibility index (Phi) is 4.85. The maximum atomic E-state index is 13.0. The van der Waals surface area contributed by atoms with Crippen LogP contribution >= 0.6 is 11.5 Å². The summed E-state index contributed by atoms with van der Waals surface area (Å²) in [6, 6.07) is 16.6. The Morgan fingerprint density at radius 2 is 1.83 bits per heavy atom. The molecule has 0 bridgehead atoms. The number of anilines is 2. The van der Waals surface area contributed by atoms with Crippen LogP contribution < -0.4 is 9.80 Å². The van der Waals surface area contributed by atoms with Crippen LogP contribution in [0.15, 0.2) is 54.7 Å². The van der Waals surface area contributed by atoms with Gasteiger partial charge in [0.05, 0.1) is 16.9 Å². The molecule has 2 amide bonds. The van der Waals surface area contributed by atoms with Gasteiger partial charge in [-0.2, -0.15) is 4.37 Å². The van der Waals surface area contributed by atoms with Crippen LogP contribution in [0.2, 0.25) is 0 Å². The Morgan fingerprint density at radius 3 is 2.59 bits per heavy atom. The molecule has 2 aliphatic rings. The molecule has 0 spiro atoms. The number of likely N-dealkylation sites (N-methyl/N-ethyl adjacent to an activating group) is 1. The van der Waals surface area contributed by atoms with E-state index in [1.54, 1.807) is 11.5 Å². The molecule has 1 atom stereocenters. The second-order valence-electron chi connectivity index (χ2n) is 7.55. The van der Waals surface area contributed by atoms with E-state index in [4.69, 9.17) is 0 Å². The van der Waals surface area contributed by atoms with E-state index in [0.717, 1.165) is 45.0 Å². The van der Waals surface area contributed by atoms with E-state index in [-0.39, 0.29) is 12.2 Å². The van der Waals surface area contributed by atoms with Gasteiger partial charge in [-0.05, 0) is 36.7 Å². The van der Waals surface area contributed by atoms with Crippen molar-refractivity contribution in [1.82, 2.24) is 14.2 Å². The monoisotopic (exact) mass is 407 g/mol. The van der Waals surface area contributed by atoms with Crippen LogP contribution in [0.4, 0.5) is 16.2 Å². The van der Waals surface area contributed by atoms with Crippen molar-refractivity contribution in [3.63, 3.8) is 0 Å². The Labute approximate surface area is 175 Å². The van der Waals surface area contributed by atoms with Crippen molar-refractivity contribution in [1.29, 1.82) is 0 Å². The summed E-state index contributed by atoms with van der Waals surface area (Å²) in [5.41, 5.74) is 2.26. The van der Waals surface area contributed by atoms with Crippen molar-refractivity contribution in [2.75, 3.05) is 49.1 Å². The topological polar surface area (TPSA) is 42.9 Å². The molecular formula is C22H25N5OS. The van der Waals surface area contributed by atoms with Gasteiger partial charge in [0, 0.05) is 50.0 Å². The van der Waals surface area contributed by atoms with Gasteiger partial charge < -0.3 is 9.80 Å². The van der Waals surface area contributed by atoms with Crippen molar-refractivity contribution in [3.05, 3.63) is 54.7 Å². The lowest BCUT2D eigenvalue weighted by Gasteiger charge is -2.41. The fraction of sp³-hybridized carbons (Fsp3) is 0.364. The summed E-state index contributed by atoms with van der Waals surface area (Å²) < 4.78 is 5.62. The number of nitrogens with zero attached hydrogens (tertiary/aromatic N) is 5. The standard InChI is InChI=1S/C22H25N5OS/c1-2-24-16-20(27(22(24)28)18-8-4-3-5-9-18)26-13-11-25(12-14-26)19-10-6-7-17-15-23-29-21(17)19/h3-10,15,20H,2,11-14,16H2,1H3. The lowest BCUT2D eigenvalue weighted by molar-refractivity contribution is 0.184. The zero-order valence-electron chi connectivity index (χ0n) is 16.6. The van der Waals surface area contributed by atoms with Gasteiger partial charge in [0.25, 0.3) is 0 Å². The third-order valence-corrected chi connectivity index (χ3v) is 6.85. The van der Waals surface area contributed by atoms with E-state index in [1.165, 1.54) is 15.8 Å². The zero-order chi connectivity index (χ0) is 19.8. The molecule has 1 unspecified atom stereocenters. The van der Waals surface area contributed by atoms with E-state index >= 15 is 0 Å². The van der Waals surface area contributed by atoms with Crippen molar-refractivity contribution < 1.29 is 4.79 Å². The summed E-state index contributed by atoms with van der Waals surface area (Å²) in [6.45, 7) is 7.34. The zero-order valence-corrected chi connectivity index (χ0v) is 17.4. The first-order valence-corrected chi connectivity index (χ1v) is 11.0. The highest BCUT2D eigenvalue weighted by atomic mass is 32.1. The van der Waals surface area contributed by atoms with Crippen LogP contribution in [0, 0.1) is 0 Å². The van der Waals surface area contributed by atoms with E-state index in [2.05, 4.69) is 39.3 Å². The van der Waals surface area contributed by atoms with Crippen LogP contribution in [0.3, 0.4) is 0 Å². The van der Waals surface area contributed by atoms with Crippen molar-refractivity contribution in [2.24, 2.45) is 0 Å². The fourth-order valence-corrected chi connectivity index (χ4v) is 5.23. The number of para-hydroxylation sites is 1. The fourth-order valence-electron chi connectivity index (χ4n) is 4.44. The number of urea groups is 1. The average Bonchev–Trinajstić information content (AvgIpc) is 3.38. The number of hydrogen-bond donors (Lipinski definition) is 0. The predicted molar refractivity (Wildman–Crippen MR) is 119 cm³/mol. The minimum absolute atomic E-state index is 0.0891. The molecule has 2 fully saturated rings. The molecule has 1 aromatic heterocycles. The van der Waals surface area contributed by atoms with Gasteiger partial charge in [0.1, 0.15) is 6.17 Å². The van der Waals surface area contributed by atoms with Gasteiger partial charge in [-0.3, -0.25) is 9.80 Å². The summed E-state index contributed by atoms with van der Waals surface area (Å²) >= 11 is 1.57. The van der Waals surface area contributed by atoms with E-state index in [1.807, 2.05) is 46.3 Å². The summed E-state index contributed by atoms with van der Waals surface area (Å²) in [5.74, 6) is 0. The number of piperazine rings is 1. The first kappa shape index (κ1) is 18.4. The summed E-state index contributed by atoms with van der Waals surface area (Å²) in [7, 11) is 0. The molecule has 0 aliphatic carbocycles. The molecule has 2 saturated heterocycles. The third-order valence-electron chi connectivity index (χ3n) is 6.01. The molecule has 6 nitrogen and oxygen atoms in total. The number of fused-ring (bicyclic) bond motifs is 1. The van der Waals surface area contributed by atoms with Crippen molar-refractivity contribution >= 4 is 39.0 Å². The Balaban J connectivity index is 1.35. The highest BCUT2D eigenvalue weighted by Gasteiger charge is 2.41. The lowest BCUT2D eigenvalue weighted by atomic mass is 10.2. The molecule has 150 valence electrons. The van der Waals surface area contributed by atoms with Gasteiger partial charge in [-0.1, -0.05) is 30.3 Å².